The van der Waals surface area contributed by atoms with Crippen LogP contribution in [0.25, 0.3) is 10.2 Å². The van der Waals surface area contributed by atoms with E-state index < -0.39 is 14.6 Å². The zero-order valence-electron chi connectivity index (χ0n) is 12.0. The van der Waals surface area contributed by atoms with Crippen molar-refractivity contribution in [1.29, 1.82) is 0 Å². The first kappa shape index (κ1) is 15.7. The van der Waals surface area contributed by atoms with E-state index >= 15 is 0 Å². The number of pyridine rings is 1. The van der Waals surface area contributed by atoms with Gasteiger partial charge < -0.3 is 11.1 Å². The summed E-state index contributed by atoms with van der Waals surface area (Å²) in [6.45, 7) is 3.16. The van der Waals surface area contributed by atoms with Crippen LogP contribution in [0.3, 0.4) is 0 Å². The number of rotatable bonds is 4. The van der Waals surface area contributed by atoms with Gasteiger partial charge in [-0.25, -0.2) is 8.42 Å². The van der Waals surface area contributed by atoms with Gasteiger partial charge in [0.25, 0.3) is 5.91 Å². The van der Waals surface area contributed by atoms with Crippen molar-refractivity contribution in [3.8, 4) is 0 Å². The molecule has 0 saturated heterocycles. The van der Waals surface area contributed by atoms with Gasteiger partial charge in [0.15, 0.2) is 9.84 Å². The highest BCUT2D eigenvalue weighted by Gasteiger charge is 2.31. The Morgan fingerprint density at radius 1 is 1.48 bits per heavy atom. The third kappa shape index (κ3) is 3.01. The van der Waals surface area contributed by atoms with Crippen LogP contribution in [0.5, 0.6) is 0 Å². The van der Waals surface area contributed by atoms with Crippen molar-refractivity contribution in [2.75, 3.05) is 18.5 Å². The number of hydrogen-bond acceptors (Lipinski definition) is 6. The van der Waals surface area contributed by atoms with Gasteiger partial charge in [-0.3, -0.25) is 9.78 Å². The summed E-state index contributed by atoms with van der Waals surface area (Å²) < 4.78 is 23.0. The number of nitrogens with one attached hydrogen (secondary N) is 1. The Hall–Kier alpha value is -1.67. The topological polar surface area (TPSA) is 102 Å². The lowest BCUT2D eigenvalue weighted by Gasteiger charge is -2.22. The predicted molar refractivity (Wildman–Crippen MR) is 85.3 cm³/mol. The van der Waals surface area contributed by atoms with E-state index in [0.29, 0.717) is 16.1 Å². The van der Waals surface area contributed by atoms with Gasteiger partial charge in [-0.2, -0.15) is 0 Å². The van der Waals surface area contributed by atoms with Crippen LogP contribution in [0.4, 0.5) is 5.69 Å². The average Bonchev–Trinajstić information content (AvgIpc) is 2.73. The average molecular weight is 327 g/mol. The lowest BCUT2D eigenvalue weighted by Crippen LogP contribution is -2.43. The van der Waals surface area contributed by atoms with Crippen LogP contribution in [0.1, 0.15) is 23.5 Å². The van der Waals surface area contributed by atoms with E-state index in [0.717, 1.165) is 11.0 Å². The van der Waals surface area contributed by atoms with E-state index in [1.807, 2.05) is 6.07 Å². The van der Waals surface area contributed by atoms with Crippen molar-refractivity contribution < 1.29 is 13.2 Å². The van der Waals surface area contributed by atoms with E-state index in [-0.39, 0.29) is 12.5 Å². The van der Waals surface area contributed by atoms with Crippen LogP contribution in [0, 0.1) is 0 Å². The van der Waals surface area contributed by atoms with Crippen molar-refractivity contribution in [3.63, 3.8) is 0 Å². The second-order valence-electron chi connectivity index (χ2n) is 5.41. The molecular weight excluding hydrogens is 310 g/mol. The van der Waals surface area contributed by atoms with Gasteiger partial charge in [0.05, 0.1) is 15.1 Å². The first-order valence-corrected chi connectivity index (χ1v) is 8.95. The fraction of sp³-hybridized carbons (Fsp3) is 0.385. The summed E-state index contributed by atoms with van der Waals surface area (Å²) in [6.07, 6.45) is 2.76. The molecule has 0 aromatic carbocycles. The Morgan fingerprint density at radius 2 is 2.14 bits per heavy atom. The van der Waals surface area contributed by atoms with Crippen molar-refractivity contribution in [2.45, 2.75) is 18.6 Å². The molecule has 8 heteroatoms. The van der Waals surface area contributed by atoms with Crippen molar-refractivity contribution in [2.24, 2.45) is 0 Å². The number of hydrogen-bond donors (Lipinski definition) is 2. The third-order valence-corrected chi connectivity index (χ3v) is 6.68. The number of fused-ring (bicyclic) bond motifs is 1. The Labute approximate surface area is 127 Å². The Bertz CT molecular complexity index is 794. The third-order valence-electron chi connectivity index (χ3n) is 3.37. The molecule has 2 heterocycles. The first-order valence-electron chi connectivity index (χ1n) is 6.24. The summed E-state index contributed by atoms with van der Waals surface area (Å²) in [5.41, 5.74) is 6.85. The van der Waals surface area contributed by atoms with Crippen LogP contribution in [-0.4, -0.2) is 36.9 Å². The van der Waals surface area contributed by atoms with Crippen LogP contribution >= 0.6 is 11.3 Å². The van der Waals surface area contributed by atoms with Crippen molar-refractivity contribution in [3.05, 3.63) is 23.2 Å². The predicted octanol–water partition coefficient (Wildman–Crippen LogP) is 1.43. The number of amides is 1. The van der Waals surface area contributed by atoms with Crippen molar-refractivity contribution in [1.82, 2.24) is 10.3 Å². The number of sulfone groups is 1. The van der Waals surface area contributed by atoms with E-state index in [1.54, 1.807) is 26.1 Å². The van der Waals surface area contributed by atoms with Crippen LogP contribution < -0.4 is 11.1 Å². The minimum absolute atomic E-state index is 0.0196. The Kier molecular flexibility index (Phi) is 3.94. The summed E-state index contributed by atoms with van der Waals surface area (Å²) in [7, 11) is -3.27. The molecule has 0 aliphatic rings. The summed E-state index contributed by atoms with van der Waals surface area (Å²) in [4.78, 5) is 16.7. The molecule has 0 radical (unpaired) electrons. The molecule has 21 heavy (non-hydrogen) atoms. The SMILES string of the molecule is CC(C)(CNC(=O)c1sc2cccnc2c1N)S(C)(=O)=O. The summed E-state index contributed by atoms with van der Waals surface area (Å²) in [5.74, 6) is -0.382. The molecule has 0 fully saturated rings. The second-order valence-corrected chi connectivity index (χ2v) is 9.11. The van der Waals surface area contributed by atoms with E-state index in [1.165, 1.54) is 11.3 Å². The summed E-state index contributed by atoms with van der Waals surface area (Å²) in [5, 5.41) is 2.63. The molecule has 2 rings (SSSR count). The molecule has 2 aromatic rings. The number of carbonyl (C=O) groups excluding carboxylic acids is 1. The molecule has 0 saturated carbocycles. The fourth-order valence-corrected chi connectivity index (χ4v) is 2.95. The van der Waals surface area contributed by atoms with Gasteiger partial charge >= 0.3 is 0 Å². The van der Waals surface area contributed by atoms with Gasteiger partial charge in [-0.1, -0.05) is 0 Å². The zero-order valence-corrected chi connectivity index (χ0v) is 13.6. The molecule has 0 spiro atoms. The Morgan fingerprint density at radius 3 is 2.71 bits per heavy atom. The van der Waals surface area contributed by atoms with Crippen LogP contribution in [0.15, 0.2) is 18.3 Å². The standard InChI is InChI=1S/C13H17N3O3S2/c1-13(2,21(3,18)19)7-16-12(17)11-9(14)10-8(20-11)5-4-6-15-10/h4-6H,7,14H2,1-3H3,(H,16,17). The normalized spacial score (nSPS) is 12.5. The monoisotopic (exact) mass is 327 g/mol. The zero-order chi connectivity index (χ0) is 15.8. The van der Waals surface area contributed by atoms with E-state index in [9.17, 15) is 13.2 Å². The molecule has 0 bridgehead atoms. The molecule has 3 N–H and O–H groups in total. The van der Waals surface area contributed by atoms with Gasteiger partial charge in [-0.05, 0) is 26.0 Å². The molecule has 0 atom stereocenters. The number of carbonyl (C=O) groups is 1. The van der Waals surface area contributed by atoms with E-state index in [2.05, 4.69) is 10.3 Å². The van der Waals surface area contributed by atoms with Gasteiger partial charge in [0.2, 0.25) is 0 Å². The molecule has 0 unspecified atom stereocenters. The Balaban J connectivity index is 2.22. The lowest BCUT2D eigenvalue weighted by molar-refractivity contribution is 0.0955. The number of thiophene rings is 1. The van der Waals surface area contributed by atoms with Crippen LogP contribution in [0.2, 0.25) is 0 Å². The van der Waals surface area contributed by atoms with Crippen molar-refractivity contribution >= 4 is 43.0 Å². The lowest BCUT2D eigenvalue weighted by atomic mass is 10.2. The number of nitrogens with zero attached hydrogens (tertiary/aromatic N) is 1. The maximum atomic E-state index is 12.2. The molecule has 0 aliphatic heterocycles. The molecular formula is C13H17N3O3S2. The molecule has 0 aliphatic carbocycles. The van der Waals surface area contributed by atoms with Gasteiger partial charge in [0.1, 0.15) is 10.4 Å². The number of anilines is 1. The fourth-order valence-electron chi connectivity index (χ4n) is 1.62. The summed E-state index contributed by atoms with van der Waals surface area (Å²) in [6, 6.07) is 3.60. The van der Waals surface area contributed by atoms with Gasteiger partial charge in [-0.15, -0.1) is 11.3 Å². The minimum atomic E-state index is -3.27. The quantitative estimate of drug-likeness (QED) is 0.884. The molecule has 114 valence electrons. The molecule has 2 aromatic heterocycles. The highest BCUT2D eigenvalue weighted by molar-refractivity contribution is 7.92. The second kappa shape index (κ2) is 5.27. The highest BCUT2D eigenvalue weighted by atomic mass is 32.2. The highest BCUT2D eigenvalue weighted by Crippen LogP contribution is 2.31. The maximum Gasteiger partial charge on any atom is 0.263 e. The largest absolute Gasteiger partial charge is 0.396 e. The molecule has 6 nitrogen and oxygen atoms in total. The summed E-state index contributed by atoms with van der Waals surface area (Å²) >= 11 is 1.24. The minimum Gasteiger partial charge on any atom is -0.396 e. The smallest absolute Gasteiger partial charge is 0.263 e. The first-order chi connectivity index (χ1) is 9.63. The number of nitrogens with two attached hydrogens (primary N) is 1. The maximum absolute atomic E-state index is 12.2. The van der Waals surface area contributed by atoms with Gasteiger partial charge in [0, 0.05) is 19.0 Å². The van der Waals surface area contributed by atoms with E-state index in [4.69, 9.17) is 5.73 Å². The number of nitrogen functional groups attached to an aromatic ring is 1. The van der Waals surface area contributed by atoms with Crippen LogP contribution in [-0.2, 0) is 9.84 Å². The molecule has 1 amide bonds. The number of aromatic nitrogens is 1.